The molecule has 0 radical (unpaired) electrons. The Morgan fingerprint density at radius 3 is 2.69 bits per heavy atom. The van der Waals surface area contributed by atoms with Gasteiger partial charge in [0.1, 0.15) is 17.6 Å². The molecule has 2 aliphatic heterocycles. The number of phenols is 1. The summed E-state index contributed by atoms with van der Waals surface area (Å²) in [6, 6.07) is 4.98. The van der Waals surface area contributed by atoms with E-state index in [0.29, 0.717) is 28.1 Å². The number of benzene rings is 1. The number of nitrogens with zero attached hydrogens (tertiary/aromatic N) is 6. The fourth-order valence-electron chi connectivity index (χ4n) is 5.25. The third-order valence-electron chi connectivity index (χ3n) is 7.08. The van der Waals surface area contributed by atoms with Crippen molar-refractivity contribution in [3.63, 3.8) is 0 Å². The van der Waals surface area contributed by atoms with E-state index in [1.807, 2.05) is 0 Å². The number of aromatic nitrogens is 5. The molecule has 3 fully saturated rings. The van der Waals surface area contributed by atoms with E-state index in [1.165, 1.54) is 17.8 Å². The van der Waals surface area contributed by atoms with E-state index in [-0.39, 0.29) is 35.4 Å². The molecule has 2 bridgehead atoms. The number of hydrogen-bond donors (Lipinski definition) is 2. The largest absolute Gasteiger partial charge is 0.507 e. The molecule has 2 saturated heterocycles. The minimum Gasteiger partial charge on any atom is -0.507 e. The van der Waals surface area contributed by atoms with Gasteiger partial charge in [0, 0.05) is 23.7 Å². The lowest BCUT2D eigenvalue weighted by Crippen LogP contribution is -2.57. The molecule has 8 nitrogen and oxygen atoms in total. The lowest BCUT2D eigenvalue weighted by Gasteiger charge is -2.40. The van der Waals surface area contributed by atoms with Crippen LogP contribution >= 0.6 is 11.8 Å². The summed E-state index contributed by atoms with van der Waals surface area (Å²) < 4.78 is 29.6. The van der Waals surface area contributed by atoms with Crippen LogP contribution in [0.2, 0.25) is 0 Å². The van der Waals surface area contributed by atoms with Gasteiger partial charge in [-0.2, -0.15) is 0 Å². The van der Waals surface area contributed by atoms with Gasteiger partial charge in [0.2, 0.25) is 0 Å². The molecule has 2 aromatic heterocycles. The van der Waals surface area contributed by atoms with Gasteiger partial charge in [-0.05, 0) is 50.5 Å². The number of rotatable bonds is 6. The van der Waals surface area contributed by atoms with Crippen molar-refractivity contribution in [3.8, 4) is 28.4 Å². The van der Waals surface area contributed by atoms with E-state index in [4.69, 9.17) is 0 Å². The zero-order chi connectivity index (χ0) is 24.1. The fourth-order valence-corrected chi connectivity index (χ4v) is 5.60. The first-order valence-corrected chi connectivity index (χ1v) is 13.0. The lowest BCUT2D eigenvalue weighted by atomic mass is 9.96. The van der Waals surface area contributed by atoms with Crippen LogP contribution in [0.4, 0.5) is 14.6 Å². The zero-order valence-electron chi connectivity index (χ0n) is 19.1. The normalized spacial score (nSPS) is 25.6. The standard InChI is InChI=1S/C24H25F2N7OS/c1-35-24-28-10-16(25)22(30-24)12-2-6-15(19(34)8-12)23-27-11-20(31-32-23)33(14-4-5-14)18-9-13-3-7-17(29-13)21(18)26/h2,6,8,10-11,13-14,17-18,21,29,34H,3-5,7,9H2,1H3/t13-,17-,18+,21-/m0/s1. The summed E-state index contributed by atoms with van der Waals surface area (Å²) in [5, 5.41) is 23.1. The topological polar surface area (TPSA) is 100.0 Å². The van der Waals surface area contributed by atoms with Crippen molar-refractivity contribution < 1.29 is 13.9 Å². The summed E-state index contributed by atoms with van der Waals surface area (Å²) in [4.78, 5) is 14.6. The summed E-state index contributed by atoms with van der Waals surface area (Å²) in [6.45, 7) is 0. The molecule has 4 atom stereocenters. The number of aromatic hydroxyl groups is 1. The molecule has 182 valence electrons. The molecule has 3 aliphatic rings. The van der Waals surface area contributed by atoms with Crippen LogP contribution in [0.25, 0.3) is 22.6 Å². The van der Waals surface area contributed by atoms with Crippen molar-refractivity contribution in [1.29, 1.82) is 0 Å². The minimum atomic E-state index is -0.957. The molecule has 1 saturated carbocycles. The van der Waals surface area contributed by atoms with Crippen LogP contribution < -0.4 is 10.2 Å². The van der Waals surface area contributed by atoms with Crippen LogP contribution in [0.1, 0.15) is 32.1 Å². The zero-order valence-corrected chi connectivity index (χ0v) is 19.9. The maximum absolute atomic E-state index is 15.3. The Kier molecular flexibility index (Phi) is 5.76. The Morgan fingerprint density at radius 2 is 1.97 bits per heavy atom. The SMILES string of the molecule is CSc1ncc(F)c(-c2ccc(-c3ncc(N(C4CC4)[C@@H]4C[C@@H]5CC[C@H](N5)[C@@H]4F)nn3)c(O)c2)n1. The van der Waals surface area contributed by atoms with Gasteiger partial charge < -0.3 is 15.3 Å². The molecule has 11 heteroatoms. The summed E-state index contributed by atoms with van der Waals surface area (Å²) in [5.41, 5.74) is 0.895. The van der Waals surface area contributed by atoms with Gasteiger partial charge in [0.25, 0.3) is 0 Å². The highest BCUT2D eigenvalue weighted by Crippen LogP contribution is 2.40. The molecule has 3 aromatic rings. The smallest absolute Gasteiger partial charge is 0.187 e. The van der Waals surface area contributed by atoms with Crippen molar-refractivity contribution in [2.24, 2.45) is 0 Å². The van der Waals surface area contributed by atoms with Crippen LogP contribution in [0, 0.1) is 5.82 Å². The Hall–Kier alpha value is -2.92. The fraction of sp³-hybridized carbons (Fsp3) is 0.458. The van der Waals surface area contributed by atoms with Crippen LogP contribution in [0.15, 0.2) is 35.7 Å². The number of alkyl halides is 1. The number of halogens is 2. The number of nitrogens with one attached hydrogen (secondary N) is 1. The first-order chi connectivity index (χ1) is 17.0. The van der Waals surface area contributed by atoms with Gasteiger partial charge in [-0.15, -0.1) is 10.2 Å². The van der Waals surface area contributed by atoms with E-state index in [1.54, 1.807) is 24.6 Å². The van der Waals surface area contributed by atoms with Crippen molar-refractivity contribution >= 4 is 17.6 Å². The first kappa shape index (κ1) is 22.5. The van der Waals surface area contributed by atoms with E-state index in [0.717, 1.165) is 38.3 Å². The molecule has 4 heterocycles. The molecular formula is C24H25F2N7OS. The third-order valence-corrected chi connectivity index (χ3v) is 7.64. The second-order valence-corrected chi connectivity index (χ2v) is 10.1. The number of fused-ring (bicyclic) bond motifs is 2. The average molecular weight is 498 g/mol. The third kappa shape index (κ3) is 4.20. The Balaban J connectivity index is 1.27. The van der Waals surface area contributed by atoms with Gasteiger partial charge in [-0.3, -0.25) is 0 Å². The van der Waals surface area contributed by atoms with Gasteiger partial charge >= 0.3 is 0 Å². The highest BCUT2D eigenvalue weighted by atomic mass is 32.2. The second-order valence-electron chi connectivity index (χ2n) is 9.36. The van der Waals surface area contributed by atoms with Crippen LogP contribution in [0.3, 0.4) is 0 Å². The first-order valence-electron chi connectivity index (χ1n) is 11.8. The van der Waals surface area contributed by atoms with E-state index < -0.39 is 12.0 Å². The maximum Gasteiger partial charge on any atom is 0.187 e. The summed E-state index contributed by atoms with van der Waals surface area (Å²) in [6.07, 6.45) is 8.22. The molecule has 1 aliphatic carbocycles. The predicted molar refractivity (Wildman–Crippen MR) is 128 cm³/mol. The molecular weight excluding hydrogens is 472 g/mol. The summed E-state index contributed by atoms with van der Waals surface area (Å²) >= 11 is 1.30. The highest BCUT2D eigenvalue weighted by molar-refractivity contribution is 7.98. The van der Waals surface area contributed by atoms with Crippen molar-refractivity contribution in [2.75, 3.05) is 11.2 Å². The minimum absolute atomic E-state index is 0.0950. The van der Waals surface area contributed by atoms with Crippen molar-refractivity contribution in [3.05, 3.63) is 36.4 Å². The quantitative estimate of drug-likeness (QED) is 0.389. The molecule has 35 heavy (non-hydrogen) atoms. The monoisotopic (exact) mass is 497 g/mol. The van der Waals surface area contributed by atoms with Gasteiger partial charge in [0.15, 0.2) is 22.6 Å². The Morgan fingerprint density at radius 1 is 1.11 bits per heavy atom. The van der Waals surface area contributed by atoms with Crippen molar-refractivity contribution in [2.45, 2.75) is 67.6 Å². The number of phenolic OH excluding ortho intramolecular Hbond substituents is 1. The van der Waals surface area contributed by atoms with Crippen LogP contribution in [0.5, 0.6) is 5.75 Å². The molecule has 0 spiro atoms. The Labute approximate surface area is 205 Å². The second kappa shape index (κ2) is 8.94. The maximum atomic E-state index is 15.3. The Bertz CT molecular complexity index is 1240. The number of hydrogen-bond acceptors (Lipinski definition) is 9. The lowest BCUT2D eigenvalue weighted by molar-refractivity contribution is 0.171. The number of anilines is 1. The van der Waals surface area contributed by atoms with Crippen molar-refractivity contribution in [1.82, 2.24) is 30.5 Å². The molecule has 0 unspecified atom stereocenters. The average Bonchev–Trinajstić information content (AvgIpc) is 3.62. The van der Waals surface area contributed by atoms with Gasteiger partial charge in [-0.25, -0.2) is 23.7 Å². The van der Waals surface area contributed by atoms with E-state index in [9.17, 15) is 9.50 Å². The van der Waals surface area contributed by atoms with E-state index in [2.05, 4.69) is 35.4 Å². The summed E-state index contributed by atoms with van der Waals surface area (Å²) in [7, 11) is 0. The van der Waals surface area contributed by atoms with Crippen LogP contribution in [-0.2, 0) is 0 Å². The predicted octanol–water partition coefficient (Wildman–Crippen LogP) is 3.76. The molecule has 6 rings (SSSR count). The number of piperidine rings is 1. The van der Waals surface area contributed by atoms with Gasteiger partial charge in [0.05, 0.1) is 24.0 Å². The van der Waals surface area contributed by atoms with Gasteiger partial charge in [-0.1, -0.05) is 17.8 Å². The van der Waals surface area contributed by atoms with Crippen LogP contribution in [-0.4, -0.2) is 66.9 Å². The number of thioether (sulfide) groups is 1. The molecule has 0 amide bonds. The van der Waals surface area contributed by atoms with E-state index >= 15 is 4.39 Å². The molecule has 2 N–H and O–H groups in total. The molecule has 1 aromatic carbocycles. The summed E-state index contributed by atoms with van der Waals surface area (Å²) in [5.74, 6) is 0.117. The highest BCUT2D eigenvalue weighted by Gasteiger charge is 2.48.